The summed E-state index contributed by atoms with van der Waals surface area (Å²) in [6, 6.07) is 0. The van der Waals surface area contributed by atoms with Crippen LogP contribution >= 0.6 is 0 Å². The minimum absolute atomic E-state index is 0.398. The quantitative estimate of drug-likeness (QED) is 0.645. The molecule has 0 fully saturated rings. The van der Waals surface area contributed by atoms with Gasteiger partial charge in [-0.1, -0.05) is 19.4 Å². The third-order valence-corrected chi connectivity index (χ3v) is 3.00. The number of hydrogen-bond donors (Lipinski definition) is 0. The van der Waals surface area contributed by atoms with Crippen molar-refractivity contribution in [2.75, 3.05) is 0 Å². The summed E-state index contributed by atoms with van der Waals surface area (Å²) in [5.41, 5.74) is 3.90. The molecule has 70 valence electrons. The smallest absolute Gasteiger partial charge is 0.163 e. The van der Waals surface area contributed by atoms with Crippen molar-refractivity contribution in [2.24, 2.45) is 0 Å². The minimum Gasteiger partial charge on any atom is -0.294 e. The molecule has 0 aromatic carbocycles. The summed E-state index contributed by atoms with van der Waals surface area (Å²) < 4.78 is 0. The Labute approximate surface area is 79.5 Å². The van der Waals surface area contributed by atoms with Crippen LogP contribution in [0.25, 0.3) is 0 Å². The normalized spacial score (nSPS) is 21.0. The van der Waals surface area contributed by atoms with Gasteiger partial charge in [0.1, 0.15) is 0 Å². The predicted octanol–water partition coefficient (Wildman–Crippen LogP) is 3.17. The van der Waals surface area contributed by atoms with Gasteiger partial charge in [-0.3, -0.25) is 4.79 Å². The van der Waals surface area contributed by atoms with Crippen molar-refractivity contribution in [3.05, 3.63) is 22.8 Å². The molecule has 2 aliphatic rings. The van der Waals surface area contributed by atoms with E-state index in [1.54, 1.807) is 0 Å². The number of hydrogen-bond acceptors (Lipinski definition) is 1. The van der Waals surface area contributed by atoms with E-state index in [-0.39, 0.29) is 0 Å². The van der Waals surface area contributed by atoms with Crippen LogP contribution in [0.2, 0.25) is 0 Å². The lowest BCUT2D eigenvalue weighted by atomic mass is 10.0. The molecule has 0 spiro atoms. The molecule has 0 saturated carbocycles. The van der Waals surface area contributed by atoms with Crippen molar-refractivity contribution in [3.8, 4) is 0 Å². The molecule has 0 amide bonds. The topological polar surface area (TPSA) is 17.1 Å². The Morgan fingerprint density at radius 3 is 3.08 bits per heavy atom. The van der Waals surface area contributed by atoms with Crippen molar-refractivity contribution in [2.45, 2.75) is 45.4 Å². The molecule has 0 aromatic rings. The highest BCUT2D eigenvalue weighted by Crippen LogP contribution is 2.38. The van der Waals surface area contributed by atoms with E-state index in [1.165, 1.54) is 17.6 Å². The van der Waals surface area contributed by atoms with Crippen LogP contribution in [-0.2, 0) is 4.79 Å². The van der Waals surface area contributed by atoms with Crippen molar-refractivity contribution in [3.63, 3.8) is 0 Å². The fourth-order valence-electron chi connectivity index (χ4n) is 2.29. The summed E-state index contributed by atoms with van der Waals surface area (Å²) in [6.07, 6.45) is 8.59. The largest absolute Gasteiger partial charge is 0.294 e. The number of rotatable bonds is 3. The van der Waals surface area contributed by atoms with Crippen molar-refractivity contribution >= 4 is 5.78 Å². The van der Waals surface area contributed by atoms with Crippen LogP contribution in [0.1, 0.15) is 45.4 Å². The first-order chi connectivity index (χ1) is 6.33. The van der Waals surface area contributed by atoms with E-state index >= 15 is 0 Å². The van der Waals surface area contributed by atoms with Gasteiger partial charge in [0.2, 0.25) is 0 Å². The molecule has 0 saturated heterocycles. The molecule has 0 heterocycles. The number of fused-ring (bicyclic) bond motifs is 1. The van der Waals surface area contributed by atoms with Crippen LogP contribution in [0.4, 0.5) is 0 Å². The van der Waals surface area contributed by atoms with Gasteiger partial charge in [-0.15, -0.1) is 0 Å². The lowest BCUT2D eigenvalue weighted by molar-refractivity contribution is -0.114. The van der Waals surface area contributed by atoms with Crippen LogP contribution in [0, 0.1) is 0 Å². The van der Waals surface area contributed by atoms with Crippen LogP contribution in [-0.4, -0.2) is 5.78 Å². The van der Waals surface area contributed by atoms with Crippen molar-refractivity contribution < 1.29 is 4.79 Å². The molecular formula is C12H16O. The summed E-state index contributed by atoms with van der Waals surface area (Å²) in [7, 11) is 0. The molecule has 0 atom stereocenters. The zero-order valence-corrected chi connectivity index (χ0v) is 8.23. The maximum Gasteiger partial charge on any atom is 0.163 e. The average molecular weight is 176 g/mol. The number of carbonyl (C=O) groups is 1. The van der Waals surface area contributed by atoms with E-state index in [2.05, 4.69) is 13.0 Å². The van der Waals surface area contributed by atoms with Gasteiger partial charge < -0.3 is 0 Å². The van der Waals surface area contributed by atoms with Gasteiger partial charge in [0.25, 0.3) is 0 Å². The van der Waals surface area contributed by atoms with E-state index in [0.717, 1.165) is 31.3 Å². The molecule has 0 radical (unpaired) electrons. The van der Waals surface area contributed by atoms with Crippen LogP contribution in [0.15, 0.2) is 22.8 Å². The number of allylic oxidation sites excluding steroid dienone is 4. The predicted molar refractivity (Wildman–Crippen MR) is 53.5 cm³/mol. The van der Waals surface area contributed by atoms with Gasteiger partial charge in [-0.05, 0) is 42.4 Å². The Bertz CT molecular complexity index is 294. The molecule has 2 rings (SSSR count). The van der Waals surface area contributed by atoms with Crippen LogP contribution < -0.4 is 0 Å². The summed E-state index contributed by atoms with van der Waals surface area (Å²) in [6.45, 7) is 2.18. The van der Waals surface area contributed by atoms with Crippen molar-refractivity contribution in [1.29, 1.82) is 0 Å². The first kappa shape index (κ1) is 8.74. The second-order valence-electron chi connectivity index (χ2n) is 3.93. The molecular weight excluding hydrogens is 160 g/mol. The van der Waals surface area contributed by atoms with E-state index in [9.17, 15) is 4.79 Å². The lowest BCUT2D eigenvalue weighted by Gasteiger charge is -2.01. The molecule has 0 aliphatic heterocycles. The van der Waals surface area contributed by atoms with Gasteiger partial charge in [-0.2, -0.15) is 0 Å². The standard InChI is InChI=1S/C12H16O/c1-2-3-6-11-10-7-4-5-9(10)8-12(11)13/h5H,2-4,6-8H2,1H3. The zero-order valence-electron chi connectivity index (χ0n) is 8.23. The average Bonchev–Trinajstić information content (AvgIpc) is 2.62. The first-order valence-corrected chi connectivity index (χ1v) is 5.27. The van der Waals surface area contributed by atoms with Crippen molar-refractivity contribution in [1.82, 2.24) is 0 Å². The molecule has 0 unspecified atom stereocenters. The first-order valence-electron chi connectivity index (χ1n) is 5.27. The van der Waals surface area contributed by atoms with Gasteiger partial charge in [0.15, 0.2) is 5.78 Å². The zero-order chi connectivity index (χ0) is 9.26. The molecule has 2 aliphatic carbocycles. The third kappa shape index (κ3) is 1.48. The molecule has 0 bridgehead atoms. The molecule has 1 nitrogen and oxygen atoms in total. The van der Waals surface area contributed by atoms with E-state index < -0.39 is 0 Å². The SMILES string of the molecule is CCCCC1=C2CCC=C2CC1=O. The Balaban J connectivity index is 2.18. The molecule has 13 heavy (non-hydrogen) atoms. The van der Waals surface area contributed by atoms with Gasteiger partial charge in [0.05, 0.1) is 0 Å². The summed E-state index contributed by atoms with van der Waals surface area (Å²) in [4.78, 5) is 11.6. The number of Topliss-reactive ketones (excluding diaryl/α,β-unsaturated/α-hetero) is 1. The number of ketones is 1. The Morgan fingerprint density at radius 1 is 1.46 bits per heavy atom. The highest BCUT2D eigenvalue weighted by molar-refractivity contribution is 6.03. The summed E-state index contributed by atoms with van der Waals surface area (Å²) >= 11 is 0. The Kier molecular flexibility index (Phi) is 2.34. The highest BCUT2D eigenvalue weighted by atomic mass is 16.1. The van der Waals surface area contributed by atoms with Crippen LogP contribution in [0.5, 0.6) is 0 Å². The maximum atomic E-state index is 11.6. The highest BCUT2D eigenvalue weighted by Gasteiger charge is 2.28. The van der Waals surface area contributed by atoms with Gasteiger partial charge in [-0.25, -0.2) is 0 Å². The maximum absolute atomic E-state index is 11.6. The van der Waals surface area contributed by atoms with Gasteiger partial charge >= 0.3 is 0 Å². The fraction of sp³-hybridized carbons (Fsp3) is 0.583. The van der Waals surface area contributed by atoms with E-state index in [1.807, 2.05) is 0 Å². The molecule has 1 heteroatoms. The lowest BCUT2D eigenvalue weighted by Crippen LogP contribution is -1.96. The number of carbonyl (C=O) groups excluding carboxylic acids is 1. The number of unbranched alkanes of at least 4 members (excludes halogenated alkanes) is 1. The monoisotopic (exact) mass is 176 g/mol. The molecule has 0 aromatic heterocycles. The van der Waals surface area contributed by atoms with E-state index in [0.29, 0.717) is 12.2 Å². The van der Waals surface area contributed by atoms with Crippen LogP contribution in [0.3, 0.4) is 0 Å². The fourth-order valence-corrected chi connectivity index (χ4v) is 2.29. The van der Waals surface area contributed by atoms with E-state index in [4.69, 9.17) is 0 Å². The minimum atomic E-state index is 0.398. The van der Waals surface area contributed by atoms with Gasteiger partial charge in [0, 0.05) is 6.42 Å². The Hall–Kier alpha value is -0.850. The summed E-state index contributed by atoms with van der Waals surface area (Å²) in [5.74, 6) is 0.398. The summed E-state index contributed by atoms with van der Waals surface area (Å²) in [5, 5.41) is 0. The second kappa shape index (κ2) is 3.49. The molecule has 0 N–H and O–H groups in total. The third-order valence-electron chi connectivity index (χ3n) is 3.00. The Morgan fingerprint density at radius 2 is 2.31 bits per heavy atom. The second-order valence-corrected chi connectivity index (χ2v) is 3.93.